The number of amides is 2. The molecule has 0 aliphatic heterocycles. The van der Waals surface area contributed by atoms with Gasteiger partial charge < -0.3 is 11.1 Å². The Morgan fingerprint density at radius 2 is 1.75 bits per heavy atom. The molecule has 4 nitrogen and oxygen atoms in total. The van der Waals surface area contributed by atoms with E-state index in [2.05, 4.69) is 5.32 Å². The second-order valence-electron chi connectivity index (χ2n) is 4.97. The largest absolute Gasteiger partial charge is 0.368 e. The molecule has 2 amide bonds. The molecule has 1 saturated carbocycles. The van der Waals surface area contributed by atoms with Crippen LogP contribution >= 0.6 is 0 Å². The average Bonchev–Trinajstić information content (AvgIpc) is 2.25. The van der Waals surface area contributed by atoms with Gasteiger partial charge in [-0.25, -0.2) is 0 Å². The predicted octanol–water partition coefficient (Wildman–Crippen LogP) is 1.19. The van der Waals surface area contributed by atoms with Gasteiger partial charge in [0.25, 0.3) is 0 Å². The molecule has 1 aliphatic carbocycles. The minimum Gasteiger partial charge on any atom is -0.368 e. The van der Waals surface area contributed by atoms with Crippen LogP contribution in [0.5, 0.6) is 0 Å². The van der Waals surface area contributed by atoms with E-state index in [0.29, 0.717) is 0 Å². The van der Waals surface area contributed by atoms with Gasteiger partial charge in [0.15, 0.2) is 0 Å². The SMILES string of the molecule is CC(C)[C@H](NC(=O)C1CCCCC1)C(N)=O. The van der Waals surface area contributed by atoms with Gasteiger partial charge >= 0.3 is 0 Å². The van der Waals surface area contributed by atoms with E-state index < -0.39 is 11.9 Å². The van der Waals surface area contributed by atoms with Gasteiger partial charge in [-0.15, -0.1) is 0 Å². The van der Waals surface area contributed by atoms with Crippen molar-refractivity contribution in [1.82, 2.24) is 5.32 Å². The van der Waals surface area contributed by atoms with Crippen molar-refractivity contribution in [1.29, 1.82) is 0 Å². The number of nitrogens with two attached hydrogens (primary N) is 1. The Balaban J connectivity index is 2.50. The summed E-state index contributed by atoms with van der Waals surface area (Å²) in [6, 6.07) is -0.533. The summed E-state index contributed by atoms with van der Waals surface area (Å²) in [5, 5.41) is 2.77. The Bertz CT molecular complexity index is 258. The van der Waals surface area contributed by atoms with Gasteiger partial charge in [0.1, 0.15) is 6.04 Å². The molecule has 0 aromatic carbocycles. The van der Waals surface area contributed by atoms with E-state index in [4.69, 9.17) is 5.73 Å². The van der Waals surface area contributed by atoms with E-state index in [9.17, 15) is 9.59 Å². The molecular formula is C12H22N2O2. The van der Waals surface area contributed by atoms with Gasteiger partial charge in [0.2, 0.25) is 11.8 Å². The summed E-state index contributed by atoms with van der Waals surface area (Å²) in [6.07, 6.45) is 5.32. The fourth-order valence-electron chi connectivity index (χ4n) is 2.20. The maximum Gasteiger partial charge on any atom is 0.240 e. The van der Waals surface area contributed by atoms with Crippen molar-refractivity contribution in [3.8, 4) is 0 Å². The number of hydrogen-bond donors (Lipinski definition) is 2. The lowest BCUT2D eigenvalue weighted by Gasteiger charge is -2.25. The number of primary amides is 1. The van der Waals surface area contributed by atoms with E-state index in [1.54, 1.807) is 0 Å². The van der Waals surface area contributed by atoms with E-state index in [-0.39, 0.29) is 17.7 Å². The zero-order chi connectivity index (χ0) is 12.1. The molecule has 1 fully saturated rings. The highest BCUT2D eigenvalue weighted by molar-refractivity contribution is 5.87. The van der Waals surface area contributed by atoms with Crippen LogP contribution in [0.1, 0.15) is 46.0 Å². The van der Waals surface area contributed by atoms with Crippen LogP contribution < -0.4 is 11.1 Å². The molecule has 0 saturated heterocycles. The number of nitrogens with one attached hydrogen (secondary N) is 1. The highest BCUT2D eigenvalue weighted by atomic mass is 16.2. The summed E-state index contributed by atoms with van der Waals surface area (Å²) >= 11 is 0. The van der Waals surface area contributed by atoms with Gasteiger partial charge in [-0.3, -0.25) is 9.59 Å². The quantitative estimate of drug-likeness (QED) is 0.756. The molecule has 0 heterocycles. The molecule has 1 atom stereocenters. The van der Waals surface area contributed by atoms with E-state index >= 15 is 0 Å². The van der Waals surface area contributed by atoms with Crippen LogP contribution in [0.25, 0.3) is 0 Å². The number of carbonyl (C=O) groups is 2. The molecule has 0 bridgehead atoms. The van der Waals surface area contributed by atoms with Crippen LogP contribution in [-0.4, -0.2) is 17.9 Å². The van der Waals surface area contributed by atoms with Crippen molar-refractivity contribution in [2.75, 3.05) is 0 Å². The highest BCUT2D eigenvalue weighted by Crippen LogP contribution is 2.23. The first-order valence-corrected chi connectivity index (χ1v) is 6.12. The minimum absolute atomic E-state index is 0.00259. The number of carbonyl (C=O) groups excluding carboxylic acids is 2. The van der Waals surface area contributed by atoms with Crippen molar-refractivity contribution in [2.24, 2.45) is 17.6 Å². The summed E-state index contributed by atoms with van der Waals surface area (Å²) < 4.78 is 0. The highest BCUT2D eigenvalue weighted by Gasteiger charge is 2.26. The van der Waals surface area contributed by atoms with E-state index in [1.165, 1.54) is 6.42 Å². The fourth-order valence-corrected chi connectivity index (χ4v) is 2.20. The maximum atomic E-state index is 11.9. The lowest BCUT2D eigenvalue weighted by Crippen LogP contribution is -2.49. The lowest BCUT2D eigenvalue weighted by molar-refractivity contribution is -0.131. The third-order valence-corrected chi connectivity index (χ3v) is 3.25. The van der Waals surface area contributed by atoms with Crippen LogP contribution in [-0.2, 0) is 9.59 Å². The number of hydrogen-bond acceptors (Lipinski definition) is 2. The van der Waals surface area contributed by atoms with Gasteiger partial charge in [0, 0.05) is 5.92 Å². The summed E-state index contributed by atoms with van der Waals surface area (Å²) in [6.45, 7) is 3.77. The second kappa shape index (κ2) is 5.87. The van der Waals surface area contributed by atoms with Crippen LogP contribution in [0, 0.1) is 11.8 Å². The first-order valence-electron chi connectivity index (χ1n) is 6.12. The van der Waals surface area contributed by atoms with E-state index in [1.807, 2.05) is 13.8 Å². The zero-order valence-electron chi connectivity index (χ0n) is 10.2. The summed E-state index contributed by atoms with van der Waals surface area (Å²) in [5.41, 5.74) is 5.26. The van der Waals surface area contributed by atoms with Gasteiger partial charge in [-0.2, -0.15) is 0 Å². The topological polar surface area (TPSA) is 72.2 Å². The predicted molar refractivity (Wildman–Crippen MR) is 62.5 cm³/mol. The Kier molecular flexibility index (Phi) is 4.77. The monoisotopic (exact) mass is 226 g/mol. The van der Waals surface area contributed by atoms with Crippen LogP contribution in [0.4, 0.5) is 0 Å². The van der Waals surface area contributed by atoms with Crippen LogP contribution in [0.2, 0.25) is 0 Å². The minimum atomic E-state index is -0.533. The molecule has 0 aromatic heterocycles. The molecule has 1 rings (SSSR count). The lowest BCUT2D eigenvalue weighted by atomic mass is 9.88. The normalized spacial score (nSPS) is 19.4. The molecule has 0 unspecified atom stereocenters. The zero-order valence-corrected chi connectivity index (χ0v) is 10.2. The molecule has 4 heteroatoms. The van der Waals surface area contributed by atoms with Crippen molar-refractivity contribution < 1.29 is 9.59 Å². The molecule has 92 valence electrons. The molecule has 3 N–H and O–H groups in total. The molecule has 0 spiro atoms. The summed E-state index contributed by atoms with van der Waals surface area (Å²) in [4.78, 5) is 23.1. The van der Waals surface area contributed by atoms with Gasteiger partial charge in [0.05, 0.1) is 0 Å². The van der Waals surface area contributed by atoms with Gasteiger partial charge in [-0.05, 0) is 18.8 Å². The van der Waals surface area contributed by atoms with Crippen molar-refractivity contribution in [2.45, 2.75) is 52.0 Å². The molecule has 16 heavy (non-hydrogen) atoms. The third kappa shape index (κ3) is 3.51. The average molecular weight is 226 g/mol. The third-order valence-electron chi connectivity index (χ3n) is 3.25. The standard InChI is InChI=1S/C12H22N2O2/c1-8(2)10(11(13)15)14-12(16)9-6-4-3-5-7-9/h8-10H,3-7H2,1-2H3,(H2,13,15)(H,14,16)/t10-/m0/s1. The van der Waals surface area contributed by atoms with Crippen LogP contribution in [0.15, 0.2) is 0 Å². The molecule has 0 aromatic rings. The summed E-state index contributed by atoms with van der Waals surface area (Å²) in [7, 11) is 0. The Morgan fingerprint density at radius 3 is 2.19 bits per heavy atom. The molecular weight excluding hydrogens is 204 g/mol. The Labute approximate surface area is 97.0 Å². The van der Waals surface area contributed by atoms with Crippen molar-refractivity contribution >= 4 is 11.8 Å². The second-order valence-corrected chi connectivity index (χ2v) is 4.97. The smallest absolute Gasteiger partial charge is 0.240 e. The molecule has 1 aliphatic rings. The van der Waals surface area contributed by atoms with Crippen LogP contribution in [0.3, 0.4) is 0 Å². The van der Waals surface area contributed by atoms with Gasteiger partial charge in [-0.1, -0.05) is 33.1 Å². The Hall–Kier alpha value is -1.06. The van der Waals surface area contributed by atoms with Crippen molar-refractivity contribution in [3.63, 3.8) is 0 Å². The van der Waals surface area contributed by atoms with Crippen molar-refractivity contribution in [3.05, 3.63) is 0 Å². The fraction of sp³-hybridized carbons (Fsp3) is 0.833. The first-order chi connectivity index (χ1) is 7.52. The number of rotatable bonds is 4. The first kappa shape index (κ1) is 13.0. The Morgan fingerprint density at radius 1 is 1.19 bits per heavy atom. The van der Waals surface area contributed by atoms with E-state index in [0.717, 1.165) is 25.7 Å². The summed E-state index contributed by atoms with van der Waals surface area (Å²) in [5.74, 6) is -0.323. The molecule has 0 radical (unpaired) electrons. The maximum absolute atomic E-state index is 11.9.